The quantitative estimate of drug-likeness (QED) is 0.772. The lowest BCUT2D eigenvalue weighted by molar-refractivity contribution is -0.188. The molecule has 0 saturated heterocycles. The van der Waals surface area contributed by atoms with Gasteiger partial charge in [0.05, 0.1) is 6.42 Å². The highest BCUT2D eigenvalue weighted by molar-refractivity contribution is 5.86. The van der Waals surface area contributed by atoms with Crippen LogP contribution in [0.15, 0.2) is 54.6 Å². The lowest BCUT2D eigenvalue weighted by atomic mass is 9.53. The van der Waals surface area contributed by atoms with E-state index in [4.69, 9.17) is 4.74 Å². The van der Waals surface area contributed by atoms with Crippen LogP contribution in [0.25, 0.3) is 0 Å². The summed E-state index contributed by atoms with van der Waals surface area (Å²) in [6, 6.07) is 17.9. The molecule has 4 bridgehead atoms. The van der Waals surface area contributed by atoms with E-state index in [9.17, 15) is 9.59 Å². The van der Waals surface area contributed by atoms with Gasteiger partial charge < -0.3 is 10.1 Å². The van der Waals surface area contributed by atoms with E-state index >= 15 is 0 Å². The maximum absolute atomic E-state index is 12.6. The number of benzene rings is 2. The van der Waals surface area contributed by atoms with Crippen LogP contribution in [-0.2, 0) is 20.7 Å². The molecule has 1 N–H and O–H groups in total. The summed E-state index contributed by atoms with van der Waals surface area (Å²) in [6.07, 6.45) is 4.71. The van der Waals surface area contributed by atoms with Crippen LogP contribution in [0.2, 0.25) is 0 Å². The first-order valence-electron chi connectivity index (χ1n) is 10.3. The van der Waals surface area contributed by atoms with E-state index in [1.165, 1.54) is 0 Å². The predicted molar refractivity (Wildman–Crippen MR) is 107 cm³/mol. The Morgan fingerprint density at radius 1 is 0.929 bits per heavy atom. The predicted octanol–water partition coefficient (Wildman–Crippen LogP) is 4.66. The summed E-state index contributed by atoms with van der Waals surface area (Å²) in [4.78, 5) is 24.9. The van der Waals surface area contributed by atoms with Gasteiger partial charge >= 0.3 is 5.97 Å². The normalized spacial score (nSPS) is 30.3. The molecule has 4 aliphatic rings. The molecule has 0 aliphatic heterocycles. The van der Waals surface area contributed by atoms with Gasteiger partial charge in [0.1, 0.15) is 11.4 Å². The molecule has 2 aromatic rings. The van der Waals surface area contributed by atoms with E-state index in [0.29, 0.717) is 11.7 Å². The molecular weight excluding hydrogens is 350 g/mol. The number of ether oxygens (including phenoxy) is 1. The molecule has 2 unspecified atom stereocenters. The molecule has 0 amide bonds. The Balaban J connectivity index is 1.21. The average Bonchev–Trinajstić information content (AvgIpc) is 2.67. The molecule has 0 aromatic heterocycles. The van der Waals surface area contributed by atoms with Crippen molar-refractivity contribution >= 4 is 23.1 Å². The van der Waals surface area contributed by atoms with Crippen molar-refractivity contribution in [2.75, 3.05) is 5.32 Å². The Morgan fingerprint density at radius 3 is 2.25 bits per heavy atom. The van der Waals surface area contributed by atoms with Gasteiger partial charge in [-0.05, 0) is 67.9 Å². The number of Topliss-reactive ketones (excluding diaryl/α,β-unsaturated/α-hetero) is 1. The van der Waals surface area contributed by atoms with Gasteiger partial charge in [0.2, 0.25) is 0 Å². The van der Waals surface area contributed by atoms with Gasteiger partial charge in [-0.15, -0.1) is 0 Å². The molecule has 0 spiro atoms. The molecule has 4 saturated carbocycles. The van der Waals surface area contributed by atoms with Gasteiger partial charge in [0.15, 0.2) is 0 Å². The van der Waals surface area contributed by atoms with Crippen LogP contribution >= 0.6 is 0 Å². The Hall–Kier alpha value is -2.62. The molecular formula is C24H25NO3. The first-order chi connectivity index (χ1) is 13.6. The second-order valence-corrected chi connectivity index (χ2v) is 8.77. The summed E-state index contributed by atoms with van der Waals surface area (Å²) in [7, 11) is 0. The van der Waals surface area contributed by atoms with Crippen molar-refractivity contribution in [3.8, 4) is 0 Å². The molecule has 4 heteroatoms. The van der Waals surface area contributed by atoms with E-state index in [1.807, 2.05) is 54.6 Å². The topological polar surface area (TPSA) is 55.4 Å². The monoisotopic (exact) mass is 375 g/mol. The number of hydrogen-bond donors (Lipinski definition) is 1. The minimum Gasteiger partial charge on any atom is -0.459 e. The molecule has 2 atom stereocenters. The number of esters is 1. The highest BCUT2D eigenvalue weighted by Crippen LogP contribution is 2.55. The lowest BCUT2D eigenvalue weighted by Gasteiger charge is -2.54. The van der Waals surface area contributed by atoms with E-state index in [0.717, 1.165) is 49.0 Å². The van der Waals surface area contributed by atoms with Gasteiger partial charge in [-0.2, -0.15) is 0 Å². The van der Waals surface area contributed by atoms with Crippen molar-refractivity contribution in [1.29, 1.82) is 0 Å². The van der Waals surface area contributed by atoms with E-state index < -0.39 is 0 Å². The minimum absolute atomic E-state index is 0.127. The first kappa shape index (κ1) is 17.5. The number of hydrogen-bond acceptors (Lipinski definition) is 4. The smallest absolute Gasteiger partial charge is 0.310 e. The zero-order valence-electron chi connectivity index (χ0n) is 15.9. The molecule has 6 rings (SSSR count). The Kier molecular flexibility index (Phi) is 4.22. The minimum atomic E-state index is -0.379. The summed E-state index contributed by atoms with van der Waals surface area (Å²) in [5, 5.41) is 3.34. The van der Waals surface area contributed by atoms with Crippen molar-refractivity contribution in [2.45, 2.75) is 44.1 Å². The van der Waals surface area contributed by atoms with Crippen LogP contribution in [0.1, 0.15) is 37.7 Å². The molecule has 4 nitrogen and oxygen atoms in total. The third-order valence-corrected chi connectivity index (χ3v) is 6.63. The number of anilines is 2. The molecule has 4 fully saturated rings. The summed E-state index contributed by atoms with van der Waals surface area (Å²) in [5.74, 6) is 1.07. The van der Waals surface area contributed by atoms with Crippen LogP contribution in [0, 0.1) is 17.8 Å². The van der Waals surface area contributed by atoms with Gasteiger partial charge in [-0.1, -0.05) is 30.3 Å². The van der Waals surface area contributed by atoms with E-state index in [2.05, 4.69) is 5.32 Å². The fourth-order valence-electron chi connectivity index (χ4n) is 5.64. The molecule has 2 aromatic carbocycles. The van der Waals surface area contributed by atoms with E-state index in [1.54, 1.807) is 0 Å². The number of carbonyl (C=O) groups is 2. The molecule has 0 heterocycles. The van der Waals surface area contributed by atoms with E-state index in [-0.39, 0.29) is 29.8 Å². The second-order valence-electron chi connectivity index (χ2n) is 8.77. The Morgan fingerprint density at radius 2 is 1.57 bits per heavy atom. The number of nitrogens with one attached hydrogen (secondary N) is 1. The number of para-hydroxylation sites is 1. The third-order valence-electron chi connectivity index (χ3n) is 6.63. The van der Waals surface area contributed by atoms with Gasteiger partial charge in [-0.3, -0.25) is 9.59 Å². The molecule has 4 aliphatic carbocycles. The Labute approximate surface area is 165 Å². The van der Waals surface area contributed by atoms with Crippen LogP contribution < -0.4 is 5.32 Å². The SMILES string of the molecule is O=C(Cc1ccc(Nc2ccccc2)cc1)OC12CC3CC(C1)C(=O)C(C3)C2. The third kappa shape index (κ3) is 3.32. The molecule has 0 radical (unpaired) electrons. The number of rotatable bonds is 5. The average molecular weight is 375 g/mol. The van der Waals surface area contributed by atoms with Crippen LogP contribution in [0.5, 0.6) is 0 Å². The fourth-order valence-corrected chi connectivity index (χ4v) is 5.64. The first-order valence-corrected chi connectivity index (χ1v) is 10.3. The Bertz CT molecular complexity index is 872. The van der Waals surface area contributed by atoms with Crippen molar-refractivity contribution < 1.29 is 14.3 Å². The highest BCUT2D eigenvalue weighted by atomic mass is 16.6. The standard InChI is InChI=1S/C24H25NO3/c26-22(28-24-13-17-10-18(14-24)23(27)19(11-17)15-24)12-16-6-8-21(9-7-16)25-20-4-2-1-3-5-20/h1-9,17-19,25H,10-15H2. The number of carbonyl (C=O) groups excluding carboxylic acids is 2. The summed E-state index contributed by atoms with van der Waals surface area (Å²) < 4.78 is 6.02. The van der Waals surface area contributed by atoms with Gasteiger partial charge in [-0.25, -0.2) is 0 Å². The zero-order chi connectivity index (χ0) is 19.1. The van der Waals surface area contributed by atoms with Crippen molar-refractivity contribution in [2.24, 2.45) is 17.8 Å². The van der Waals surface area contributed by atoms with Crippen molar-refractivity contribution in [3.05, 3.63) is 60.2 Å². The molecule has 144 valence electrons. The maximum atomic E-state index is 12.6. The number of ketones is 1. The highest BCUT2D eigenvalue weighted by Gasteiger charge is 2.57. The van der Waals surface area contributed by atoms with Crippen molar-refractivity contribution in [3.63, 3.8) is 0 Å². The fraction of sp³-hybridized carbons (Fsp3) is 0.417. The maximum Gasteiger partial charge on any atom is 0.310 e. The largest absolute Gasteiger partial charge is 0.459 e. The van der Waals surface area contributed by atoms with Crippen LogP contribution in [0.3, 0.4) is 0 Å². The summed E-state index contributed by atoms with van der Waals surface area (Å²) in [5.41, 5.74) is 2.59. The second kappa shape index (κ2) is 6.77. The summed E-state index contributed by atoms with van der Waals surface area (Å²) in [6.45, 7) is 0. The van der Waals surface area contributed by atoms with Crippen LogP contribution in [-0.4, -0.2) is 17.4 Å². The molecule has 28 heavy (non-hydrogen) atoms. The summed E-state index contributed by atoms with van der Waals surface area (Å²) >= 11 is 0. The zero-order valence-corrected chi connectivity index (χ0v) is 15.9. The van der Waals surface area contributed by atoms with Crippen molar-refractivity contribution in [1.82, 2.24) is 0 Å². The van der Waals surface area contributed by atoms with Gasteiger partial charge in [0.25, 0.3) is 0 Å². The van der Waals surface area contributed by atoms with Crippen LogP contribution in [0.4, 0.5) is 11.4 Å². The van der Waals surface area contributed by atoms with Gasteiger partial charge in [0, 0.05) is 23.2 Å². The lowest BCUT2D eigenvalue weighted by Crippen LogP contribution is -2.56.